The summed E-state index contributed by atoms with van der Waals surface area (Å²) in [6, 6.07) is 7.63. The van der Waals surface area contributed by atoms with Crippen LogP contribution < -0.4 is 10.2 Å². The lowest BCUT2D eigenvalue weighted by molar-refractivity contribution is -0.384. The zero-order valence-corrected chi connectivity index (χ0v) is 11.5. The van der Waals surface area contributed by atoms with Crippen LogP contribution in [-0.4, -0.2) is 29.0 Å². The standard InChI is InChI=1S/C13H15N5O2/c1-9-6-4-5-7-10(9)17(3)12-11(18(19)20)8-15-13(14-2)16-12/h4-8H,1-3H3,(H,14,15,16). The van der Waals surface area contributed by atoms with Crippen LogP contribution in [0.25, 0.3) is 0 Å². The number of benzene rings is 1. The summed E-state index contributed by atoms with van der Waals surface area (Å²) >= 11 is 0. The minimum atomic E-state index is -0.483. The van der Waals surface area contributed by atoms with E-state index < -0.39 is 4.92 Å². The van der Waals surface area contributed by atoms with Gasteiger partial charge < -0.3 is 10.2 Å². The van der Waals surface area contributed by atoms with E-state index in [2.05, 4.69) is 15.3 Å². The van der Waals surface area contributed by atoms with Crippen LogP contribution in [-0.2, 0) is 0 Å². The summed E-state index contributed by atoms with van der Waals surface area (Å²) in [6.45, 7) is 1.94. The Morgan fingerprint density at radius 1 is 1.35 bits per heavy atom. The molecule has 2 rings (SSSR count). The van der Waals surface area contributed by atoms with Crippen molar-refractivity contribution < 1.29 is 4.92 Å². The van der Waals surface area contributed by atoms with Crippen molar-refractivity contribution in [2.45, 2.75) is 6.92 Å². The number of para-hydroxylation sites is 1. The van der Waals surface area contributed by atoms with E-state index in [0.717, 1.165) is 11.3 Å². The first-order valence-corrected chi connectivity index (χ1v) is 6.03. The molecule has 20 heavy (non-hydrogen) atoms. The predicted octanol–water partition coefficient (Wildman–Crippen LogP) is 2.50. The molecule has 1 N–H and O–H groups in total. The fourth-order valence-corrected chi connectivity index (χ4v) is 1.92. The molecule has 0 bridgehead atoms. The summed E-state index contributed by atoms with van der Waals surface area (Å²) in [5.74, 6) is 0.592. The molecule has 0 aliphatic rings. The Hall–Kier alpha value is -2.70. The van der Waals surface area contributed by atoms with Crippen LogP contribution in [0.15, 0.2) is 30.5 Å². The lowest BCUT2D eigenvalue weighted by atomic mass is 10.2. The van der Waals surface area contributed by atoms with Gasteiger partial charge in [-0.15, -0.1) is 0 Å². The van der Waals surface area contributed by atoms with E-state index in [-0.39, 0.29) is 11.5 Å². The summed E-state index contributed by atoms with van der Waals surface area (Å²) in [4.78, 5) is 20.4. The van der Waals surface area contributed by atoms with Crippen molar-refractivity contribution >= 4 is 23.1 Å². The number of aryl methyl sites for hydroxylation is 1. The smallest absolute Gasteiger partial charge is 0.330 e. The highest BCUT2D eigenvalue weighted by Crippen LogP contribution is 2.32. The molecular weight excluding hydrogens is 258 g/mol. The molecule has 0 saturated heterocycles. The molecule has 0 radical (unpaired) electrons. The number of anilines is 3. The van der Waals surface area contributed by atoms with E-state index in [1.165, 1.54) is 6.20 Å². The third-order valence-electron chi connectivity index (χ3n) is 2.96. The molecule has 7 heteroatoms. The number of rotatable bonds is 4. The van der Waals surface area contributed by atoms with E-state index in [1.54, 1.807) is 19.0 Å². The molecule has 0 unspecified atom stereocenters. The van der Waals surface area contributed by atoms with E-state index in [9.17, 15) is 10.1 Å². The van der Waals surface area contributed by atoms with Crippen molar-refractivity contribution in [3.05, 3.63) is 46.1 Å². The van der Waals surface area contributed by atoms with Crippen LogP contribution in [0.3, 0.4) is 0 Å². The Morgan fingerprint density at radius 3 is 2.65 bits per heavy atom. The van der Waals surface area contributed by atoms with Crippen molar-refractivity contribution in [1.29, 1.82) is 0 Å². The first-order chi connectivity index (χ1) is 9.54. The van der Waals surface area contributed by atoms with Crippen molar-refractivity contribution in [2.75, 3.05) is 24.3 Å². The molecule has 7 nitrogen and oxygen atoms in total. The fourth-order valence-electron chi connectivity index (χ4n) is 1.92. The van der Waals surface area contributed by atoms with Crippen LogP contribution in [0, 0.1) is 17.0 Å². The normalized spacial score (nSPS) is 10.2. The van der Waals surface area contributed by atoms with Crippen molar-refractivity contribution in [2.24, 2.45) is 0 Å². The number of nitro groups is 1. The Labute approximate surface area is 116 Å². The molecule has 0 aliphatic heterocycles. The molecule has 0 atom stereocenters. The van der Waals surface area contributed by atoms with Gasteiger partial charge in [0.15, 0.2) is 0 Å². The second kappa shape index (κ2) is 5.52. The van der Waals surface area contributed by atoms with Gasteiger partial charge in [-0.3, -0.25) is 10.1 Å². The van der Waals surface area contributed by atoms with E-state index in [4.69, 9.17) is 0 Å². The van der Waals surface area contributed by atoms with E-state index in [1.807, 2.05) is 31.2 Å². The fraction of sp³-hybridized carbons (Fsp3) is 0.231. The number of hydrogen-bond donors (Lipinski definition) is 1. The molecule has 0 amide bonds. The molecular formula is C13H15N5O2. The van der Waals surface area contributed by atoms with E-state index >= 15 is 0 Å². The van der Waals surface area contributed by atoms with Crippen LogP contribution in [0.2, 0.25) is 0 Å². The van der Waals surface area contributed by atoms with Crippen LogP contribution >= 0.6 is 0 Å². The Morgan fingerprint density at radius 2 is 2.05 bits per heavy atom. The SMILES string of the molecule is CNc1ncc([N+](=O)[O-])c(N(C)c2ccccc2C)n1. The van der Waals surface area contributed by atoms with Gasteiger partial charge in [-0.05, 0) is 18.6 Å². The summed E-state index contributed by atoms with van der Waals surface area (Å²) in [5.41, 5.74) is 1.74. The summed E-state index contributed by atoms with van der Waals surface area (Å²) < 4.78 is 0. The van der Waals surface area contributed by atoms with Crippen LogP contribution in [0.5, 0.6) is 0 Å². The molecule has 0 saturated carbocycles. The van der Waals surface area contributed by atoms with Crippen molar-refractivity contribution in [1.82, 2.24) is 9.97 Å². The molecule has 1 aromatic carbocycles. The summed E-state index contributed by atoms with van der Waals surface area (Å²) in [6.07, 6.45) is 1.21. The predicted molar refractivity (Wildman–Crippen MR) is 77.5 cm³/mol. The number of hydrogen-bond acceptors (Lipinski definition) is 6. The molecule has 104 valence electrons. The van der Waals surface area contributed by atoms with Gasteiger partial charge in [-0.2, -0.15) is 4.98 Å². The topological polar surface area (TPSA) is 84.2 Å². The van der Waals surface area contributed by atoms with Gasteiger partial charge >= 0.3 is 5.69 Å². The lowest BCUT2D eigenvalue weighted by Crippen LogP contribution is -2.15. The molecule has 0 aliphatic carbocycles. The quantitative estimate of drug-likeness (QED) is 0.680. The Bertz CT molecular complexity index is 644. The number of nitrogens with one attached hydrogen (secondary N) is 1. The summed E-state index contributed by atoms with van der Waals surface area (Å²) in [7, 11) is 3.41. The van der Waals surface area contributed by atoms with Crippen LogP contribution in [0.1, 0.15) is 5.56 Å². The van der Waals surface area contributed by atoms with Gasteiger partial charge in [0.2, 0.25) is 11.8 Å². The van der Waals surface area contributed by atoms with Gasteiger partial charge in [0, 0.05) is 19.8 Å². The lowest BCUT2D eigenvalue weighted by Gasteiger charge is -2.20. The van der Waals surface area contributed by atoms with Gasteiger partial charge in [0.25, 0.3) is 0 Å². The van der Waals surface area contributed by atoms with E-state index in [0.29, 0.717) is 5.95 Å². The molecule has 0 fully saturated rings. The van der Waals surface area contributed by atoms with Crippen LogP contribution in [0.4, 0.5) is 23.1 Å². The highest BCUT2D eigenvalue weighted by Gasteiger charge is 2.22. The molecule has 1 aromatic heterocycles. The Balaban J connectivity index is 2.55. The van der Waals surface area contributed by atoms with Gasteiger partial charge in [0.1, 0.15) is 6.20 Å². The molecule has 0 spiro atoms. The highest BCUT2D eigenvalue weighted by atomic mass is 16.6. The Kier molecular flexibility index (Phi) is 3.79. The van der Waals surface area contributed by atoms with Gasteiger partial charge in [0.05, 0.1) is 4.92 Å². The molecule has 2 aromatic rings. The minimum Gasteiger partial charge on any atom is -0.357 e. The summed E-state index contributed by atoms with van der Waals surface area (Å²) in [5, 5.41) is 13.9. The van der Waals surface area contributed by atoms with Crippen molar-refractivity contribution in [3.63, 3.8) is 0 Å². The third kappa shape index (κ3) is 2.51. The van der Waals surface area contributed by atoms with Gasteiger partial charge in [-0.1, -0.05) is 18.2 Å². The number of aromatic nitrogens is 2. The monoisotopic (exact) mass is 273 g/mol. The average Bonchev–Trinajstić information content (AvgIpc) is 2.46. The average molecular weight is 273 g/mol. The largest absolute Gasteiger partial charge is 0.357 e. The first kappa shape index (κ1) is 13.7. The minimum absolute atomic E-state index is 0.130. The second-order valence-electron chi connectivity index (χ2n) is 4.26. The third-order valence-corrected chi connectivity index (χ3v) is 2.96. The van der Waals surface area contributed by atoms with Gasteiger partial charge in [-0.25, -0.2) is 4.98 Å². The highest BCUT2D eigenvalue weighted by molar-refractivity contribution is 5.70. The maximum Gasteiger partial charge on any atom is 0.330 e. The maximum atomic E-state index is 11.1. The first-order valence-electron chi connectivity index (χ1n) is 6.03. The second-order valence-corrected chi connectivity index (χ2v) is 4.26. The molecule has 1 heterocycles. The number of nitrogens with zero attached hydrogens (tertiary/aromatic N) is 4. The zero-order chi connectivity index (χ0) is 14.7. The van der Waals surface area contributed by atoms with Crippen molar-refractivity contribution in [3.8, 4) is 0 Å². The maximum absolute atomic E-state index is 11.1. The zero-order valence-electron chi connectivity index (χ0n) is 11.5.